The van der Waals surface area contributed by atoms with Crippen molar-refractivity contribution in [1.82, 2.24) is 58.9 Å². The molecule has 3 aliphatic rings. The van der Waals surface area contributed by atoms with Crippen LogP contribution in [0.1, 0.15) is 25.1 Å². The number of aryl methyl sites for hydroxylation is 1. The van der Waals surface area contributed by atoms with Gasteiger partial charge < -0.3 is 80.9 Å². The molecule has 43 heteroatoms. The van der Waals surface area contributed by atoms with Crippen molar-refractivity contribution in [3.05, 3.63) is 46.0 Å². The summed E-state index contributed by atoms with van der Waals surface area (Å²) in [4.78, 5) is 110. The van der Waals surface area contributed by atoms with Crippen LogP contribution in [0.4, 0.5) is 17.7 Å². The zero-order valence-electron chi connectivity index (χ0n) is 40.2. The van der Waals surface area contributed by atoms with E-state index in [1.165, 1.54) is 34.1 Å². The van der Waals surface area contributed by atoms with Gasteiger partial charge in [-0.25, -0.2) is 38.2 Å². The van der Waals surface area contributed by atoms with Crippen LogP contribution in [-0.2, 0) is 71.2 Å². The highest BCUT2D eigenvalue weighted by Gasteiger charge is 2.58. The summed E-state index contributed by atoms with van der Waals surface area (Å²) in [6, 6.07) is 0. The number of fused-ring (bicyclic) bond motifs is 3. The zero-order valence-corrected chi connectivity index (χ0v) is 43.8. The minimum atomic E-state index is -6.25. The molecule has 3 fully saturated rings. The fourth-order valence-corrected chi connectivity index (χ4v) is 14.4. The molecular formula is C35H49N16O23P4+. The molecule has 39 nitrogen and oxygen atoms in total. The van der Waals surface area contributed by atoms with Crippen LogP contribution in [0.15, 0.2) is 34.9 Å². The first-order valence-electron chi connectivity index (χ1n) is 22.5. The Hall–Kier alpha value is -5.60. The van der Waals surface area contributed by atoms with Crippen molar-refractivity contribution in [2.45, 2.75) is 73.5 Å². The monoisotopic (exact) mass is 1190 g/mol. The highest BCUT2D eigenvalue weighted by molar-refractivity contribution is 7.66. The Morgan fingerprint density at radius 3 is 2.03 bits per heavy atom. The van der Waals surface area contributed by atoms with E-state index in [-0.39, 0.29) is 51.2 Å². The van der Waals surface area contributed by atoms with Gasteiger partial charge in [0.2, 0.25) is 23.6 Å². The molecule has 0 aliphatic carbocycles. The van der Waals surface area contributed by atoms with Crippen LogP contribution in [0.25, 0.3) is 33.5 Å². The van der Waals surface area contributed by atoms with Crippen LogP contribution in [0, 0.1) is 5.92 Å². The number of nitrogens with one attached hydrogen (secondary N) is 3. The molecule has 0 radical (unpaired) electrons. The molecule has 0 bridgehead atoms. The van der Waals surface area contributed by atoms with Gasteiger partial charge in [-0.2, -0.15) is 13.6 Å². The number of phosphoric ester groups is 2. The van der Waals surface area contributed by atoms with E-state index in [0.29, 0.717) is 0 Å². The molecule has 1 amide bonds. The summed E-state index contributed by atoms with van der Waals surface area (Å²) in [5, 5.41) is 35.7. The molecule has 3 aliphatic heterocycles. The lowest BCUT2D eigenvalue weighted by molar-refractivity contribution is -0.745. The number of H-pyrrole nitrogens is 2. The van der Waals surface area contributed by atoms with E-state index in [1.54, 1.807) is 0 Å². The minimum Gasteiger partial charge on any atom is -0.387 e. The molecule has 0 aromatic carbocycles. The molecule has 16 atom stereocenters. The number of anilines is 3. The molecule has 16 N–H and O–H groups in total. The summed E-state index contributed by atoms with van der Waals surface area (Å²) in [6.45, 7) is -3.35. The first kappa shape index (κ1) is 57.1. The van der Waals surface area contributed by atoms with E-state index in [1.807, 2.05) is 0 Å². The van der Waals surface area contributed by atoms with Gasteiger partial charge in [-0.1, -0.05) is 4.98 Å². The molecule has 78 heavy (non-hydrogen) atoms. The van der Waals surface area contributed by atoms with Crippen LogP contribution in [0.3, 0.4) is 0 Å². The Bertz CT molecular complexity index is 3600. The number of aromatic nitrogens is 12. The van der Waals surface area contributed by atoms with Gasteiger partial charge >= 0.3 is 36.7 Å². The van der Waals surface area contributed by atoms with Crippen molar-refractivity contribution in [2.75, 3.05) is 51.2 Å². The largest absolute Gasteiger partial charge is 0.490 e. The van der Waals surface area contributed by atoms with E-state index in [0.717, 1.165) is 30.7 Å². The van der Waals surface area contributed by atoms with Crippen LogP contribution in [0.5, 0.6) is 0 Å². The van der Waals surface area contributed by atoms with Crippen LogP contribution in [0.2, 0.25) is 0 Å². The van der Waals surface area contributed by atoms with E-state index in [4.69, 9.17) is 49.7 Å². The van der Waals surface area contributed by atoms with Gasteiger partial charge in [-0.05, 0) is 0 Å². The van der Waals surface area contributed by atoms with Crippen LogP contribution in [-0.4, -0.2) is 177 Å². The zero-order chi connectivity index (χ0) is 56.6. The molecule has 4 unspecified atom stereocenters. The number of carbonyl (C=O) groups excluding carboxylic acids is 1. The number of rotatable bonds is 20. The van der Waals surface area contributed by atoms with E-state index in [2.05, 4.69) is 53.8 Å². The maximum atomic E-state index is 14.4. The topological polar surface area (TPSA) is 562 Å². The molecule has 9 heterocycles. The van der Waals surface area contributed by atoms with E-state index in [9.17, 15) is 67.5 Å². The number of nitrogens with zero attached hydrogens (tertiary/aromatic N) is 10. The summed E-state index contributed by atoms with van der Waals surface area (Å²) in [6.07, 6.45) is -12.3. The molecule has 6 aromatic heterocycles. The fraction of sp³-hybridized carbons (Fsp3) is 0.543. The number of aliphatic hydroxyl groups is 3. The molecule has 0 spiro atoms. The standard InChI is InChI=1S/C35H48N16O23P4/c1-39-16(52)4-12-13(70-31(20(12)53)51-11-48(2)19-28(51)45-35(38)47-30(19)57)5-68-76(60,61)73-78(64,65)74-77(62,63)69-7-15-24(23(66-3)33(72-15)49-9-42-17-25(36)40-8-41-26(17)49)75(58,59)67-6-14-21(54)22(55)32(71-14)50-10-43-18-27(50)44-34(37)46-29(18)56/h8-15,20-24,31-33,53-55H,4-7H2,1-3H3,(H12-,36,37,38,39,40,41,44,45,46,47,52,56,57,58,59,60,61,62,63,64,65)/p+1/t12-,13-,14-,15-,20-,21-,22-,23-,24-,31-,32-,33-/m1/s1. The van der Waals surface area contributed by atoms with Gasteiger partial charge in [0.1, 0.15) is 54.1 Å². The lowest BCUT2D eigenvalue weighted by atomic mass is 9.94. The first-order chi connectivity index (χ1) is 36.6. The number of hydrogen-bond donors (Lipinski definition) is 13. The highest BCUT2D eigenvalue weighted by atomic mass is 31.3. The quantitative estimate of drug-likeness (QED) is 0.0254. The second-order valence-corrected chi connectivity index (χ2v) is 24.2. The van der Waals surface area contributed by atoms with Gasteiger partial charge in [0, 0.05) is 26.5 Å². The summed E-state index contributed by atoms with van der Waals surface area (Å²) >= 11 is 0. The lowest BCUT2D eigenvalue weighted by Gasteiger charge is -2.28. The average Bonchev–Trinajstić information content (AvgIpc) is 4.22. The Balaban J connectivity index is 0.894. The van der Waals surface area contributed by atoms with Gasteiger partial charge in [-0.3, -0.25) is 51.7 Å². The number of phosphoric acid groups is 3. The normalized spacial score (nSPS) is 29.7. The smallest absolute Gasteiger partial charge is 0.387 e. The Labute approximate surface area is 433 Å². The number of aromatic amines is 2. The van der Waals surface area contributed by atoms with Crippen molar-refractivity contribution in [2.24, 2.45) is 13.0 Å². The van der Waals surface area contributed by atoms with Crippen LogP contribution < -0.4 is 38.2 Å². The number of imidazole rings is 3. The predicted molar refractivity (Wildman–Crippen MR) is 254 cm³/mol. The molecule has 9 rings (SSSR count). The summed E-state index contributed by atoms with van der Waals surface area (Å²) in [5.41, 5.74) is 13.6. The number of aliphatic hydroxyl groups excluding tert-OH is 3. The Kier molecular flexibility index (Phi) is 15.7. The third-order valence-corrected chi connectivity index (χ3v) is 18.8. The molecule has 3 saturated heterocycles. The number of amides is 1. The second-order valence-electron chi connectivity index (χ2n) is 17.5. The number of hydrogen-bond acceptors (Lipinski definition) is 28. The van der Waals surface area contributed by atoms with Gasteiger partial charge in [0.15, 0.2) is 41.4 Å². The van der Waals surface area contributed by atoms with Gasteiger partial charge in [0.25, 0.3) is 17.1 Å². The Morgan fingerprint density at radius 2 is 1.36 bits per heavy atom. The maximum absolute atomic E-state index is 14.4. The third kappa shape index (κ3) is 11.1. The Morgan fingerprint density at radius 1 is 0.756 bits per heavy atom. The maximum Gasteiger partial charge on any atom is 0.490 e. The number of methoxy groups -OCH3 is 1. The van der Waals surface area contributed by atoms with E-state index < -0.39 is 147 Å². The van der Waals surface area contributed by atoms with Crippen molar-refractivity contribution in [3.63, 3.8) is 0 Å². The van der Waals surface area contributed by atoms with Crippen molar-refractivity contribution in [3.8, 4) is 0 Å². The van der Waals surface area contributed by atoms with Gasteiger partial charge in [0.05, 0.1) is 45.6 Å². The second kappa shape index (κ2) is 21.5. The SMILES string of the molecule is CNC(=O)C[C@H]1[C@@H](O)[C@H]([n+]2cn(C)c3c(=O)[nH]c(N)nc32)O[C@@H]1COP(=O)(O)OP(=O)(O)OP(=O)(O)OC[C@H]1O[C@@H](n2cnc3c(N)ncnc32)[C@H](OC)[C@@H]1P(=O)(O)OC[C@H]1O[C@@H](n2cnc3c(=O)[nH]c(N)nc32)[C@H](O)[C@@H]1O. The lowest BCUT2D eigenvalue weighted by Crippen LogP contribution is -2.45. The molecule has 0 saturated carbocycles. The fourth-order valence-electron chi connectivity index (χ4n) is 9.15. The van der Waals surface area contributed by atoms with Crippen molar-refractivity contribution >= 4 is 88.2 Å². The molecule has 6 aromatic rings. The molecule has 426 valence electrons. The van der Waals surface area contributed by atoms with Crippen LogP contribution >= 0.6 is 31.1 Å². The first-order valence-corrected chi connectivity index (χ1v) is 28.6. The number of nitrogens with two attached hydrogens (primary N) is 3. The number of carbonyl (C=O) groups is 1. The van der Waals surface area contributed by atoms with E-state index >= 15 is 0 Å². The summed E-state index contributed by atoms with van der Waals surface area (Å²) in [5.74, 6) is -2.61. The van der Waals surface area contributed by atoms with Gasteiger partial charge in [-0.15, -0.1) is 0 Å². The number of ether oxygens (including phenoxy) is 4. The highest BCUT2D eigenvalue weighted by Crippen LogP contribution is 2.68. The summed E-state index contributed by atoms with van der Waals surface area (Å²) < 4.78 is 106. The summed E-state index contributed by atoms with van der Waals surface area (Å²) in [7, 11) is -19.6. The number of nitrogen functional groups attached to an aromatic ring is 3. The minimum absolute atomic E-state index is 0.0107. The average molecular weight is 1190 g/mol. The molecular weight excluding hydrogens is 1140 g/mol. The van der Waals surface area contributed by atoms with Crippen molar-refractivity contribution < 1.29 is 104 Å². The van der Waals surface area contributed by atoms with Crippen molar-refractivity contribution in [1.29, 1.82) is 0 Å². The predicted octanol–water partition coefficient (Wildman–Crippen LogP) is -4.25. The third-order valence-electron chi connectivity index (χ3n) is 12.6.